The van der Waals surface area contributed by atoms with Crippen LogP contribution in [0, 0.1) is 0 Å². The molecular weight excluding hydrogens is 863 g/mol. The van der Waals surface area contributed by atoms with Crippen LogP contribution in [0.5, 0.6) is 0 Å². The second-order valence-corrected chi connectivity index (χ2v) is 21.1. The third-order valence-electron chi connectivity index (χ3n) is 15.0. The highest BCUT2D eigenvalue weighted by molar-refractivity contribution is 7.26. The van der Waals surface area contributed by atoms with Gasteiger partial charge in [-0.25, -0.2) is 0 Å². The normalized spacial score (nSPS) is 12.2. The molecule has 1 aromatic heterocycles. The Hall–Kier alpha value is -8.30. The van der Waals surface area contributed by atoms with Crippen LogP contribution in [0.3, 0.4) is 0 Å². The molecule has 0 saturated carbocycles. The van der Waals surface area contributed by atoms with E-state index in [4.69, 9.17) is 0 Å². The van der Waals surface area contributed by atoms with E-state index in [0.717, 1.165) is 17.1 Å². The minimum atomic E-state index is 0.0447. The predicted octanol–water partition coefficient (Wildman–Crippen LogP) is 20.2. The predicted molar refractivity (Wildman–Crippen MR) is 305 cm³/mol. The second-order valence-electron chi connectivity index (χ2n) is 20.0. The highest BCUT2D eigenvalue weighted by Crippen LogP contribution is 2.48. The molecule has 0 aliphatic heterocycles. The van der Waals surface area contributed by atoms with Crippen molar-refractivity contribution < 1.29 is 0 Å². The van der Waals surface area contributed by atoms with Crippen LogP contribution in [0.1, 0.15) is 26.3 Å². The quantitative estimate of drug-likeness (QED) is 0.150. The first-order chi connectivity index (χ1) is 34.3. The van der Waals surface area contributed by atoms with Gasteiger partial charge in [0.05, 0.1) is 5.69 Å². The van der Waals surface area contributed by atoms with E-state index in [0.29, 0.717) is 0 Å². The molecule has 0 spiro atoms. The molecule has 0 N–H and O–H groups in total. The molecule has 330 valence electrons. The molecule has 1 heterocycles. The van der Waals surface area contributed by atoms with Gasteiger partial charge in [0.1, 0.15) is 0 Å². The fourth-order valence-electron chi connectivity index (χ4n) is 11.5. The number of benzene rings is 13. The fourth-order valence-corrected chi connectivity index (χ4v) is 12.6. The standard InChI is InChI=1S/C68H47NS/c1-68(2,3)49-28-32-51(33-29-49)69(50-30-21-45(22-31-50)44-19-17-43(18-20-44)42-11-5-4-6-12-42)61-39-27-47-24-35-55-52(34-23-46-25-37-58(61)65(47)64(46)55)48-26-36-57-60(41-48)54-14-8-7-13-53(54)56-38-40-63-67(66(56)57)59-15-9-10-16-62(59)70-63/h4-41H,1-3H3. The molecule has 0 bridgehead atoms. The van der Waals surface area contributed by atoms with E-state index in [1.807, 2.05) is 11.3 Å². The molecule has 70 heavy (non-hydrogen) atoms. The Balaban J connectivity index is 0.933. The van der Waals surface area contributed by atoms with Crippen LogP contribution in [0.15, 0.2) is 231 Å². The fraction of sp³-hybridized carbons (Fsp3) is 0.0588. The van der Waals surface area contributed by atoms with Gasteiger partial charge in [0.25, 0.3) is 0 Å². The van der Waals surface area contributed by atoms with Crippen molar-refractivity contribution in [3.8, 4) is 33.4 Å². The van der Waals surface area contributed by atoms with Gasteiger partial charge < -0.3 is 4.90 Å². The Morgan fingerprint density at radius 2 is 0.814 bits per heavy atom. The molecule has 0 unspecified atom stereocenters. The highest BCUT2D eigenvalue weighted by Gasteiger charge is 2.22. The smallest absolute Gasteiger partial charge is 0.0540 e. The first-order valence-corrected chi connectivity index (χ1v) is 25.2. The molecule has 0 aliphatic carbocycles. The molecule has 0 radical (unpaired) electrons. The number of rotatable bonds is 6. The van der Waals surface area contributed by atoms with Crippen molar-refractivity contribution in [2.45, 2.75) is 26.2 Å². The van der Waals surface area contributed by atoms with Crippen LogP contribution in [0.2, 0.25) is 0 Å². The summed E-state index contributed by atoms with van der Waals surface area (Å²) in [6, 6.07) is 86.3. The Kier molecular flexibility index (Phi) is 9.09. The zero-order valence-electron chi connectivity index (χ0n) is 39.3. The lowest BCUT2D eigenvalue weighted by Gasteiger charge is -2.29. The summed E-state index contributed by atoms with van der Waals surface area (Å²) in [5, 5.41) is 18.2. The maximum absolute atomic E-state index is 2.46. The molecule has 2 heteroatoms. The van der Waals surface area contributed by atoms with Crippen molar-refractivity contribution in [3.63, 3.8) is 0 Å². The van der Waals surface area contributed by atoms with Crippen LogP contribution in [-0.4, -0.2) is 0 Å². The van der Waals surface area contributed by atoms with Gasteiger partial charge in [-0.2, -0.15) is 0 Å². The summed E-state index contributed by atoms with van der Waals surface area (Å²) in [4.78, 5) is 2.45. The van der Waals surface area contributed by atoms with Gasteiger partial charge in [-0.1, -0.05) is 203 Å². The Morgan fingerprint density at radius 3 is 1.51 bits per heavy atom. The molecule has 0 amide bonds. The Labute approximate surface area is 411 Å². The minimum absolute atomic E-state index is 0.0447. The number of hydrogen-bond donors (Lipinski definition) is 0. The SMILES string of the molecule is CC(C)(C)c1ccc(N(c2ccc(-c3ccc(-c4ccccc4)cc3)cc2)c2ccc3ccc4c(-c5ccc6c(c5)c5ccccc5c5ccc7sc8ccccc8c7c56)ccc5ccc2c3c54)cc1. The topological polar surface area (TPSA) is 3.24 Å². The van der Waals surface area contributed by atoms with Crippen molar-refractivity contribution in [2.75, 3.05) is 4.90 Å². The number of anilines is 3. The van der Waals surface area contributed by atoms with Crippen LogP contribution in [0.25, 0.3) is 118 Å². The summed E-state index contributed by atoms with van der Waals surface area (Å²) < 4.78 is 2.67. The number of nitrogens with zero attached hydrogens (tertiary/aromatic N) is 1. The minimum Gasteiger partial charge on any atom is -0.310 e. The van der Waals surface area contributed by atoms with Gasteiger partial charge in [0.2, 0.25) is 0 Å². The van der Waals surface area contributed by atoms with Gasteiger partial charge in [0.15, 0.2) is 0 Å². The molecular formula is C68H47NS. The van der Waals surface area contributed by atoms with Gasteiger partial charge in [-0.05, 0) is 152 Å². The number of thiophene rings is 1. The lowest BCUT2D eigenvalue weighted by molar-refractivity contribution is 0.590. The van der Waals surface area contributed by atoms with E-state index in [1.54, 1.807) is 0 Å². The zero-order chi connectivity index (χ0) is 46.7. The van der Waals surface area contributed by atoms with Crippen molar-refractivity contribution in [3.05, 3.63) is 236 Å². The van der Waals surface area contributed by atoms with E-state index in [-0.39, 0.29) is 5.41 Å². The zero-order valence-corrected chi connectivity index (χ0v) is 40.1. The van der Waals surface area contributed by atoms with Crippen LogP contribution < -0.4 is 4.90 Å². The van der Waals surface area contributed by atoms with Gasteiger partial charge in [-0.15, -0.1) is 11.3 Å². The molecule has 0 atom stereocenters. The van der Waals surface area contributed by atoms with Crippen LogP contribution in [-0.2, 0) is 5.41 Å². The van der Waals surface area contributed by atoms with E-state index in [1.165, 1.54) is 124 Å². The van der Waals surface area contributed by atoms with Gasteiger partial charge in [0, 0.05) is 36.9 Å². The average Bonchev–Trinajstić information content (AvgIpc) is 3.80. The van der Waals surface area contributed by atoms with Crippen molar-refractivity contribution >= 4 is 113 Å². The molecule has 0 fully saturated rings. The summed E-state index contributed by atoms with van der Waals surface area (Å²) in [6.07, 6.45) is 0. The molecule has 1 nitrogen and oxygen atoms in total. The first-order valence-electron chi connectivity index (χ1n) is 24.4. The van der Waals surface area contributed by atoms with Crippen molar-refractivity contribution in [1.29, 1.82) is 0 Å². The van der Waals surface area contributed by atoms with E-state index >= 15 is 0 Å². The lowest BCUT2D eigenvalue weighted by atomic mass is 9.86. The largest absolute Gasteiger partial charge is 0.310 e. The molecule has 13 aromatic carbocycles. The lowest BCUT2D eigenvalue weighted by Crippen LogP contribution is -2.13. The maximum atomic E-state index is 2.46. The van der Waals surface area contributed by atoms with E-state index in [2.05, 4.69) is 256 Å². The molecule has 14 aromatic rings. The summed E-state index contributed by atoms with van der Waals surface area (Å²) in [5.41, 5.74) is 12.1. The summed E-state index contributed by atoms with van der Waals surface area (Å²) >= 11 is 1.89. The highest BCUT2D eigenvalue weighted by atomic mass is 32.1. The summed E-state index contributed by atoms with van der Waals surface area (Å²) in [6.45, 7) is 6.85. The monoisotopic (exact) mass is 909 g/mol. The molecule has 0 aliphatic rings. The summed E-state index contributed by atoms with van der Waals surface area (Å²) in [7, 11) is 0. The maximum Gasteiger partial charge on any atom is 0.0540 e. The van der Waals surface area contributed by atoms with Crippen molar-refractivity contribution in [2.24, 2.45) is 0 Å². The third kappa shape index (κ3) is 6.37. The van der Waals surface area contributed by atoms with E-state index < -0.39 is 0 Å². The van der Waals surface area contributed by atoms with Gasteiger partial charge in [-0.3, -0.25) is 0 Å². The summed E-state index contributed by atoms with van der Waals surface area (Å²) in [5.74, 6) is 0. The Bertz CT molecular complexity index is 4350. The number of hydrogen-bond acceptors (Lipinski definition) is 2. The molecule has 14 rings (SSSR count). The van der Waals surface area contributed by atoms with E-state index in [9.17, 15) is 0 Å². The van der Waals surface area contributed by atoms with Crippen LogP contribution in [0.4, 0.5) is 17.1 Å². The Morgan fingerprint density at radius 1 is 0.314 bits per heavy atom. The average molecular weight is 910 g/mol. The second kappa shape index (κ2) is 15.6. The number of fused-ring (bicyclic) bond motifs is 10. The van der Waals surface area contributed by atoms with Crippen LogP contribution >= 0.6 is 11.3 Å². The molecule has 0 saturated heterocycles. The first kappa shape index (κ1) is 40.7. The third-order valence-corrected chi connectivity index (χ3v) is 16.1. The van der Waals surface area contributed by atoms with Gasteiger partial charge >= 0.3 is 0 Å². The van der Waals surface area contributed by atoms with Crippen molar-refractivity contribution in [1.82, 2.24) is 0 Å².